The van der Waals surface area contributed by atoms with Gasteiger partial charge in [0.05, 0.1) is 64.9 Å². The molecular weight excluding hydrogens is 710 g/mol. The van der Waals surface area contributed by atoms with Crippen LogP contribution in [0.3, 0.4) is 0 Å². The molecule has 1 rings (SSSR count). The Balaban J connectivity index is 2.71. The molecule has 0 saturated carbocycles. The van der Waals surface area contributed by atoms with E-state index in [-0.39, 0.29) is 116 Å². The largest absolute Gasteiger partial charge is 0.463 e. The highest BCUT2D eigenvalue weighted by Crippen LogP contribution is 2.21. The van der Waals surface area contributed by atoms with Crippen molar-refractivity contribution in [1.29, 1.82) is 0 Å². The van der Waals surface area contributed by atoms with Gasteiger partial charge in [-0.05, 0) is 38.5 Å². The van der Waals surface area contributed by atoms with Gasteiger partial charge in [0.15, 0.2) is 0 Å². The molecule has 314 valence electrons. The number of nitrogens with zero attached hydrogens (tertiary/aromatic N) is 1. The zero-order chi connectivity index (χ0) is 39.5. The van der Waals surface area contributed by atoms with E-state index in [2.05, 4.69) is 6.58 Å². The lowest BCUT2D eigenvalue weighted by Gasteiger charge is -2.33. The fraction of sp³-hybridized carbons (Fsp3) is 0.842. The fourth-order valence-electron chi connectivity index (χ4n) is 5.12. The summed E-state index contributed by atoms with van der Waals surface area (Å²) in [5.74, 6) is -0.887. The third-order valence-corrected chi connectivity index (χ3v) is 8.17. The molecule has 0 atom stereocenters. The van der Waals surface area contributed by atoms with Crippen molar-refractivity contribution in [3.8, 4) is 0 Å². The van der Waals surface area contributed by atoms with Crippen molar-refractivity contribution in [2.24, 2.45) is 5.41 Å². The highest BCUT2D eigenvalue weighted by molar-refractivity contribution is 5.76. The number of methoxy groups -OCH3 is 3. The first-order valence-electron chi connectivity index (χ1n) is 19.0. The van der Waals surface area contributed by atoms with Gasteiger partial charge in [0, 0.05) is 86.5 Å². The van der Waals surface area contributed by atoms with E-state index in [4.69, 9.17) is 52.1 Å². The monoisotopic (exact) mass is 777 g/mol. The molecule has 0 N–H and O–H groups in total. The minimum Gasteiger partial charge on any atom is -0.463 e. The summed E-state index contributed by atoms with van der Waals surface area (Å²) in [6.07, 6.45) is 5.18. The lowest BCUT2D eigenvalue weighted by Crippen LogP contribution is -2.43. The van der Waals surface area contributed by atoms with E-state index < -0.39 is 5.41 Å². The molecule has 0 aliphatic carbocycles. The van der Waals surface area contributed by atoms with Gasteiger partial charge in [-0.2, -0.15) is 0 Å². The molecule has 1 fully saturated rings. The maximum atomic E-state index is 12.5. The molecule has 0 spiro atoms. The normalized spacial score (nSPS) is 13.2. The molecule has 0 aromatic rings. The molecule has 1 aliphatic rings. The number of carbonyl (C=O) groups is 4. The third kappa shape index (κ3) is 27.0. The van der Waals surface area contributed by atoms with Crippen molar-refractivity contribution in [3.63, 3.8) is 0 Å². The Kier molecular flexibility index (Phi) is 30.7. The van der Waals surface area contributed by atoms with Crippen molar-refractivity contribution in [3.05, 3.63) is 12.2 Å². The summed E-state index contributed by atoms with van der Waals surface area (Å²) in [5, 5.41) is 0. The van der Waals surface area contributed by atoms with Gasteiger partial charge in [-0.3, -0.25) is 19.2 Å². The Bertz CT molecular complexity index is 922. The number of hydrogen-bond donors (Lipinski definition) is 0. The predicted molar refractivity (Wildman–Crippen MR) is 197 cm³/mol. The minimum absolute atomic E-state index is 0.0614. The van der Waals surface area contributed by atoms with Gasteiger partial charge in [-0.15, -0.1) is 0 Å². The van der Waals surface area contributed by atoms with Gasteiger partial charge < -0.3 is 57.0 Å². The molecular formula is C38H67NO15. The SMILES string of the molecule is C=C1CCN(C(=O)CCCOCCOCC(COCCOC(=O)CCCOC)(COCCOC(=O)CCCOC)COCCOC(=O)CCCOC)CC1. The second-order valence-corrected chi connectivity index (χ2v) is 13.0. The van der Waals surface area contributed by atoms with Crippen LogP contribution in [0.5, 0.6) is 0 Å². The summed E-state index contributed by atoms with van der Waals surface area (Å²) in [4.78, 5) is 50.4. The summed E-state index contributed by atoms with van der Waals surface area (Å²) in [6, 6.07) is 0. The van der Waals surface area contributed by atoms with E-state index in [1.807, 2.05) is 4.90 Å². The van der Waals surface area contributed by atoms with Crippen LogP contribution in [0.4, 0.5) is 0 Å². The molecule has 54 heavy (non-hydrogen) atoms. The fourth-order valence-corrected chi connectivity index (χ4v) is 5.12. The first-order valence-corrected chi connectivity index (χ1v) is 19.0. The zero-order valence-electron chi connectivity index (χ0n) is 33.1. The number of piperidine rings is 1. The second kappa shape index (κ2) is 33.6. The maximum absolute atomic E-state index is 12.5. The number of esters is 3. The van der Waals surface area contributed by atoms with Crippen LogP contribution in [-0.2, 0) is 71.3 Å². The lowest BCUT2D eigenvalue weighted by molar-refractivity contribution is -0.151. The van der Waals surface area contributed by atoms with Gasteiger partial charge >= 0.3 is 17.9 Å². The van der Waals surface area contributed by atoms with Crippen LogP contribution in [0.2, 0.25) is 0 Å². The second-order valence-electron chi connectivity index (χ2n) is 13.0. The van der Waals surface area contributed by atoms with Gasteiger partial charge in [-0.1, -0.05) is 12.2 Å². The van der Waals surface area contributed by atoms with Gasteiger partial charge in [0.25, 0.3) is 0 Å². The Hall–Kier alpha value is -2.70. The van der Waals surface area contributed by atoms with Gasteiger partial charge in [-0.25, -0.2) is 0 Å². The summed E-state index contributed by atoms with van der Waals surface area (Å²) < 4.78 is 60.4. The van der Waals surface area contributed by atoms with E-state index >= 15 is 0 Å². The first kappa shape index (κ1) is 49.3. The van der Waals surface area contributed by atoms with Crippen LogP contribution in [0, 0.1) is 5.41 Å². The van der Waals surface area contributed by atoms with E-state index in [9.17, 15) is 19.2 Å². The van der Waals surface area contributed by atoms with Crippen LogP contribution in [0.25, 0.3) is 0 Å². The van der Waals surface area contributed by atoms with Crippen LogP contribution in [0.1, 0.15) is 64.2 Å². The van der Waals surface area contributed by atoms with E-state index in [1.165, 1.54) is 5.57 Å². The van der Waals surface area contributed by atoms with Crippen LogP contribution in [0.15, 0.2) is 12.2 Å². The smallest absolute Gasteiger partial charge is 0.305 e. The lowest BCUT2D eigenvalue weighted by atomic mass is 9.92. The van der Waals surface area contributed by atoms with Crippen molar-refractivity contribution in [2.75, 3.05) is 140 Å². The number of amides is 1. The van der Waals surface area contributed by atoms with Crippen molar-refractivity contribution < 1.29 is 71.3 Å². The average molecular weight is 778 g/mol. The van der Waals surface area contributed by atoms with E-state index in [1.54, 1.807) is 21.3 Å². The third-order valence-electron chi connectivity index (χ3n) is 8.17. The van der Waals surface area contributed by atoms with Crippen LogP contribution >= 0.6 is 0 Å². The average Bonchev–Trinajstić information content (AvgIpc) is 3.16. The summed E-state index contributed by atoms with van der Waals surface area (Å²) in [7, 11) is 4.72. The molecule has 16 nitrogen and oxygen atoms in total. The van der Waals surface area contributed by atoms with Gasteiger partial charge in [0.2, 0.25) is 5.91 Å². The number of ether oxygens (including phenoxy) is 11. The molecule has 0 aromatic carbocycles. The van der Waals surface area contributed by atoms with Crippen molar-refractivity contribution in [2.45, 2.75) is 64.2 Å². The topological polar surface area (TPSA) is 173 Å². The Morgan fingerprint density at radius 3 is 1.24 bits per heavy atom. The Morgan fingerprint density at radius 1 is 0.500 bits per heavy atom. The Labute approximate surface area is 321 Å². The molecule has 0 radical (unpaired) electrons. The molecule has 0 aromatic heterocycles. The highest BCUT2D eigenvalue weighted by Gasteiger charge is 2.33. The molecule has 0 unspecified atom stereocenters. The van der Waals surface area contributed by atoms with Crippen LogP contribution in [-0.4, -0.2) is 169 Å². The first-order chi connectivity index (χ1) is 26.2. The van der Waals surface area contributed by atoms with Crippen molar-refractivity contribution in [1.82, 2.24) is 4.90 Å². The molecule has 16 heteroatoms. The Morgan fingerprint density at radius 2 is 0.852 bits per heavy atom. The molecule has 1 saturated heterocycles. The van der Waals surface area contributed by atoms with E-state index in [0.717, 1.165) is 25.9 Å². The minimum atomic E-state index is -0.834. The van der Waals surface area contributed by atoms with Crippen LogP contribution < -0.4 is 0 Å². The van der Waals surface area contributed by atoms with Gasteiger partial charge in [0.1, 0.15) is 19.8 Å². The number of likely N-dealkylation sites (tertiary alicyclic amines) is 1. The van der Waals surface area contributed by atoms with Crippen molar-refractivity contribution >= 4 is 23.8 Å². The number of rotatable bonds is 36. The standard InChI is InChI=1S/C38H67NO15/c1-33-13-15-39(16-14-33)34(40)9-5-20-47-21-22-48-29-38(30-49-23-26-52-35(41)10-6-17-44-2,31-50-24-27-53-36(42)11-7-18-45-3)32-51-25-28-54-37(43)12-8-19-46-4/h1,5-32H2,2-4H3. The predicted octanol–water partition coefficient (Wildman–Crippen LogP) is 2.92. The number of hydrogen-bond acceptors (Lipinski definition) is 15. The number of carbonyl (C=O) groups excluding carboxylic acids is 4. The molecule has 1 heterocycles. The quantitative estimate of drug-likeness (QED) is 0.0393. The summed E-state index contributed by atoms with van der Waals surface area (Å²) in [6.45, 7) is 8.94. The summed E-state index contributed by atoms with van der Waals surface area (Å²) in [5.41, 5.74) is 0.357. The maximum Gasteiger partial charge on any atom is 0.305 e. The molecule has 1 aliphatic heterocycles. The summed E-state index contributed by atoms with van der Waals surface area (Å²) >= 11 is 0. The zero-order valence-corrected chi connectivity index (χ0v) is 33.1. The highest BCUT2D eigenvalue weighted by atomic mass is 16.6. The van der Waals surface area contributed by atoms with E-state index in [0.29, 0.717) is 65.1 Å². The molecule has 1 amide bonds. The molecule has 0 bridgehead atoms.